The van der Waals surface area contributed by atoms with Crippen LogP contribution < -0.4 is 16.4 Å². The molecule has 0 aliphatic carbocycles. The summed E-state index contributed by atoms with van der Waals surface area (Å²) in [4.78, 5) is 37.3. The van der Waals surface area contributed by atoms with Crippen molar-refractivity contribution in [1.29, 1.82) is 0 Å². The SMILES string of the molecule is C=NC(O)(CNC(=O)c1cc(NC(=O)c2cc(-c3nc(N)ccc3Cl)ccc2Cl)n(-c2ccccc2)n1)N=C. The number of benzene rings is 2. The molecule has 0 fully saturated rings. The number of nitrogens with two attached hydrogens (primary N) is 1. The van der Waals surface area contributed by atoms with E-state index in [0.29, 0.717) is 22.0 Å². The average molecular weight is 565 g/mol. The summed E-state index contributed by atoms with van der Waals surface area (Å²) in [7, 11) is 0. The van der Waals surface area contributed by atoms with Gasteiger partial charge in [0.25, 0.3) is 17.7 Å². The van der Waals surface area contributed by atoms with Gasteiger partial charge in [0.05, 0.1) is 33.5 Å². The molecule has 39 heavy (non-hydrogen) atoms. The molecule has 4 rings (SSSR count). The molecule has 2 heterocycles. The molecular formula is C26H22Cl2N8O3. The second-order valence-corrected chi connectivity index (χ2v) is 8.97. The van der Waals surface area contributed by atoms with Gasteiger partial charge in [-0.3, -0.25) is 9.59 Å². The van der Waals surface area contributed by atoms with Crippen LogP contribution in [0.4, 0.5) is 11.6 Å². The van der Waals surface area contributed by atoms with Crippen LogP contribution in [0.3, 0.4) is 0 Å². The van der Waals surface area contributed by atoms with Gasteiger partial charge in [0.1, 0.15) is 11.6 Å². The van der Waals surface area contributed by atoms with Gasteiger partial charge in [-0.05, 0) is 49.8 Å². The molecule has 0 aliphatic heterocycles. The number of anilines is 2. The molecule has 0 spiro atoms. The zero-order valence-corrected chi connectivity index (χ0v) is 21.8. The van der Waals surface area contributed by atoms with Crippen LogP contribution in [0.25, 0.3) is 16.9 Å². The number of pyridine rings is 1. The number of aliphatic hydroxyl groups is 1. The maximum absolute atomic E-state index is 13.4. The number of aliphatic imine (C=N–C) groups is 2. The van der Waals surface area contributed by atoms with Gasteiger partial charge in [-0.15, -0.1) is 0 Å². The fourth-order valence-corrected chi connectivity index (χ4v) is 3.91. The first-order valence-corrected chi connectivity index (χ1v) is 12.0. The summed E-state index contributed by atoms with van der Waals surface area (Å²) >= 11 is 12.7. The minimum atomic E-state index is -1.99. The number of halogens is 2. The molecule has 11 nitrogen and oxygen atoms in total. The summed E-state index contributed by atoms with van der Waals surface area (Å²) in [6, 6.07) is 18.1. The van der Waals surface area contributed by atoms with Crippen LogP contribution in [0, 0.1) is 0 Å². The molecule has 2 aromatic carbocycles. The Balaban J connectivity index is 1.67. The van der Waals surface area contributed by atoms with E-state index in [0.717, 1.165) is 0 Å². The molecule has 2 aromatic heterocycles. The molecule has 0 radical (unpaired) electrons. The third-order valence-electron chi connectivity index (χ3n) is 5.53. The Bertz CT molecular complexity index is 1560. The van der Waals surface area contributed by atoms with Crippen LogP contribution in [0.1, 0.15) is 20.8 Å². The lowest BCUT2D eigenvalue weighted by Crippen LogP contribution is -2.40. The molecule has 0 atom stereocenters. The van der Waals surface area contributed by atoms with E-state index in [1.54, 1.807) is 48.5 Å². The number of hydrogen-bond donors (Lipinski definition) is 4. The third kappa shape index (κ3) is 6.12. The second kappa shape index (κ2) is 11.4. The summed E-state index contributed by atoms with van der Waals surface area (Å²) in [5.74, 6) is -2.78. The van der Waals surface area contributed by atoms with Crippen LogP contribution in [0.15, 0.2) is 76.7 Å². The first-order valence-electron chi connectivity index (χ1n) is 11.3. The summed E-state index contributed by atoms with van der Waals surface area (Å²) < 4.78 is 1.38. The Morgan fingerprint density at radius 1 is 1.00 bits per heavy atom. The van der Waals surface area contributed by atoms with Crippen LogP contribution in [0.2, 0.25) is 10.0 Å². The molecule has 0 bridgehead atoms. The Labute approximate surface area is 233 Å². The Hall–Kier alpha value is -4.58. The molecule has 2 amide bonds. The van der Waals surface area contributed by atoms with Gasteiger partial charge in [-0.25, -0.2) is 19.7 Å². The van der Waals surface area contributed by atoms with Gasteiger partial charge < -0.3 is 21.5 Å². The van der Waals surface area contributed by atoms with Crippen molar-refractivity contribution in [3.63, 3.8) is 0 Å². The van der Waals surface area contributed by atoms with Crippen LogP contribution >= 0.6 is 23.2 Å². The smallest absolute Gasteiger partial charge is 0.272 e. The third-order valence-corrected chi connectivity index (χ3v) is 6.16. The Morgan fingerprint density at radius 2 is 1.69 bits per heavy atom. The highest BCUT2D eigenvalue weighted by molar-refractivity contribution is 6.35. The van der Waals surface area contributed by atoms with E-state index in [4.69, 9.17) is 28.9 Å². The molecule has 198 valence electrons. The van der Waals surface area contributed by atoms with Crippen molar-refractivity contribution in [1.82, 2.24) is 20.1 Å². The Kier molecular flexibility index (Phi) is 8.05. The van der Waals surface area contributed by atoms with E-state index in [1.165, 1.54) is 16.8 Å². The largest absolute Gasteiger partial charge is 0.384 e. The van der Waals surface area contributed by atoms with E-state index in [2.05, 4.69) is 44.1 Å². The number of amides is 2. The highest BCUT2D eigenvalue weighted by Gasteiger charge is 2.25. The Morgan fingerprint density at radius 3 is 2.38 bits per heavy atom. The maximum Gasteiger partial charge on any atom is 0.272 e. The topological polar surface area (TPSA) is 160 Å². The minimum Gasteiger partial charge on any atom is -0.384 e. The van der Waals surface area contributed by atoms with Crippen LogP contribution in [-0.4, -0.2) is 57.5 Å². The molecular weight excluding hydrogens is 543 g/mol. The van der Waals surface area contributed by atoms with E-state index < -0.39 is 17.7 Å². The van der Waals surface area contributed by atoms with E-state index in [-0.39, 0.29) is 34.5 Å². The number of rotatable bonds is 9. The van der Waals surface area contributed by atoms with E-state index >= 15 is 0 Å². The molecule has 0 saturated carbocycles. The lowest BCUT2D eigenvalue weighted by molar-refractivity contribution is 0.0560. The molecule has 0 aliphatic rings. The van der Waals surface area contributed by atoms with Gasteiger partial charge in [0.2, 0.25) is 0 Å². The van der Waals surface area contributed by atoms with Crippen molar-refractivity contribution < 1.29 is 14.7 Å². The van der Waals surface area contributed by atoms with Gasteiger partial charge in [-0.2, -0.15) is 5.10 Å². The van der Waals surface area contributed by atoms with Gasteiger partial charge in [-0.1, -0.05) is 47.5 Å². The second-order valence-electron chi connectivity index (χ2n) is 8.15. The number of carbonyl (C=O) groups is 2. The first-order chi connectivity index (χ1) is 18.6. The number of hydrogen-bond acceptors (Lipinski definition) is 8. The van der Waals surface area contributed by atoms with Gasteiger partial charge >= 0.3 is 0 Å². The average Bonchev–Trinajstić information content (AvgIpc) is 3.37. The summed E-state index contributed by atoms with van der Waals surface area (Å²) in [6.45, 7) is 6.08. The lowest BCUT2D eigenvalue weighted by Gasteiger charge is -2.17. The molecule has 0 saturated heterocycles. The zero-order valence-electron chi connectivity index (χ0n) is 20.3. The molecule has 5 N–H and O–H groups in total. The number of carbonyl (C=O) groups excluding carboxylic acids is 2. The quantitative estimate of drug-likeness (QED) is 0.226. The van der Waals surface area contributed by atoms with Crippen molar-refractivity contribution in [2.24, 2.45) is 9.98 Å². The fraction of sp³-hybridized carbons (Fsp3) is 0.0769. The summed E-state index contributed by atoms with van der Waals surface area (Å²) in [6.07, 6.45) is 0. The van der Waals surface area contributed by atoms with Gasteiger partial charge in [0.15, 0.2) is 5.69 Å². The predicted octanol–water partition coefficient (Wildman–Crippen LogP) is 3.85. The number of aromatic nitrogens is 3. The van der Waals surface area contributed by atoms with Crippen molar-refractivity contribution in [3.05, 3.63) is 88.0 Å². The maximum atomic E-state index is 13.4. The standard InChI is InChI=1S/C26H22Cl2N8O3/c1-30-26(39,31-2)14-32-25(38)20-13-22(36(35-20)16-6-4-3-5-7-16)34-24(37)17-12-15(8-9-18(17)27)23-19(28)10-11-21(29)33-23/h3-13,39H,1-2,14H2,(H2,29,33)(H,32,38)(H,34,37). The van der Waals surface area contributed by atoms with Crippen molar-refractivity contribution >= 4 is 60.1 Å². The van der Waals surface area contributed by atoms with E-state index in [9.17, 15) is 14.7 Å². The predicted molar refractivity (Wildman–Crippen MR) is 152 cm³/mol. The van der Waals surface area contributed by atoms with Gasteiger partial charge in [0, 0.05) is 11.6 Å². The molecule has 4 aromatic rings. The summed E-state index contributed by atoms with van der Waals surface area (Å²) in [5.41, 5.74) is 7.36. The van der Waals surface area contributed by atoms with Crippen molar-refractivity contribution in [2.45, 2.75) is 5.85 Å². The molecule has 13 heteroatoms. The van der Waals surface area contributed by atoms with Crippen LogP contribution in [-0.2, 0) is 0 Å². The van der Waals surface area contributed by atoms with Crippen LogP contribution in [0.5, 0.6) is 0 Å². The molecule has 0 unspecified atom stereocenters. The normalized spacial score (nSPS) is 11.1. The zero-order chi connectivity index (χ0) is 28.2. The number of nitrogen functional groups attached to an aromatic ring is 1. The summed E-state index contributed by atoms with van der Waals surface area (Å²) in [5, 5.41) is 20.2. The lowest BCUT2D eigenvalue weighted by atomic mass is 10.1. The number of nitrogens with one attached hydrogen (secondary N) is 2. The fourth-order valence-electron chi connectivity index (χ4n) is 3.49. The highest BCUT2D eigenvalue weighted by Crippen LogP contribution is 2.30. The number of nitrogens with zero attached hydrogens (tertiary/aromatic N) is 5. The minimum absolute atomic E-state index is 0.0554. The first kappa shape index (κ1) is 27.5. The van der Waals surface area contributed by atoms with E-state index in [1.807, 2.05) is 6.07 Å². The highest BCUT2D eigenvalue weighted by atomic mass is 35.5. The van der Waals surface area contributed by atoms with Crippen molar-refractivity contribution in [3.8, 4) is 16.9 Å². The monoisotopic (exact) mass is 564 g/mol. The van der Waals surface area contributed by atoms with Crippen molar-refractivity contribution in [2.75, 3.05) is 17.6 Å². The number of para-hydroxylation sites is 1.